The van der Waals surface area contributed by atoms with Gasteiger partial charge in [-0.05, 0) is 76.2 Å². The first-order valence-electron chi connectivity index (χ1n) is 22.3. The van der Waals surface area contributed by atoms with E-state index in [-0.39, 0.29) is 17.9 Å². The van der Waals surface area contributed by atoms with E-state index in [1.807, 2.05) is 33.9 Å². The third-order valence-electron chi connectivity index (χ3n) is 13.5. The summed E-state index contributed by atoms with van der Waals surface area (Å²) in [6.45, 7) is 9.93. The van der Waals surface area contributed by atoms with Gasteiger partial charge in [0.2, 0.25) is 5.91 Å². The number of aliphatic hydroxyl groups excluding tert-OH is 3. The molecule has 6 atom stereocenters. The second-order valence-electron chi connectivity index (χ2n) is 18.7. The minimum absolute atomic E-state index is 0.0357. The maximum atomic E-state index is 14.0. The van der Waals surface area contributed by atoms with Gasteiger partial charge in [0, 0.05) is 12.8 Å². The number of ether oxygens (including phenoxy) is 1. The largest absolute Gasteiger partial charge is 0.394 e. The van der Waals surface area contributed by atoms with Crippen molar-refractivity contribution in [1.82, 2.24) is 5.32 Å². The van der Waals surface area contributed by atoms with Gasteiger partial charge in [0.1, 0.15) is 18.2 Å². The first-order chi connectivity index (χ1) is 28.2. The number of ketones is 1. The Kier molecular flexibility index (Phi) is 16.9. The fourth-order valence-electron chi connectivity index (χ4n) is 8.67. The molecule has 5 N–H and O–H groups in total. The van der Waals surface area contributed by atoms with Crippen molar-refractivity contribution in [3.05, 3.63) is 96.1 Å². The molecule has 8 nitrogen and oxygen atoms in total. The zero-order valence-electron chi connectivity index (χ0n) is 36.3. The van der Waals surface area contributed by atoms with Crippen LogP contribution in [0.15, 0.2) is 84.9 Å². The van der Waals surface area contributed by atoms with Crippen LogP contribution in [0.4, 0.5) is 0 Å². The Morgan fingerprint density at radius 2 is 1.12 bits per heavy atom. The van der Waals surface area contributed by atoms with E-state index in [4.69, 9.17) is 4.74 Å². The Hall–Kier alpha value is -3.44. The van der Waals surface area contributed by atoms with Crippen molar-refractivity contribution in [2.45, 2.75) is 178 Å². The molecule has 0 radical (unpaired) electrons. The number of carbonyl (C=O) groups excluding carboxylic acids is 2. The second kappa shape index (κ2) is 21.4. The van der Waals surface area contributed by atoms with Gasteiger partial charge in [-0.2, -0.15) is 0 Å². The fourth-order valence-corrected chi connectivity index (χ4v) is 10.6. The summed E-state index contributed by atoms with van der Waals surface area (Å²) in [6, 6.07) is 28.3. The minimum atomic E-state index is -2.61. The molecule has 0 saturated carbocycles. The molecule has 0 aromatic heterocycles. The fraction of sp³-hybridized carbons (Fsp3) is 0.560. The van der Waals surface area contributed by atoms with E-state index in [0.29, 0.717) is 12.8 Å². The molecule has 322 valence electrons. The Bertz CT molecular complexity index is 1950. The van der Waals surface area contributed by atoms with Crippen molar-refractivity contribution >= 4 is 41.3 Å². The summed E-state index contributed by atoms with van der Waals surface area (Å²) in [5.41, 5.74) is -1.01. The predicted octanol–water partition coefficient (Wildman–Crippen LogP) is 9.51. The van der Waals surface area contributed by atoms with Crippen LogP contribution < -0.4 is 5.32 Å². The summed E-state index contributed by atoms with van der Waals surface area (Å²) in [4.78, 5) is 27.3. The number of Topliss-reactive ketones (excluding diaryl/α,β-unsaturated/α-hetero) is 1. The molecule has 1 unspecified atom stereocenters. The van der Waals surface area contributed by atoms with Crippen LogP contribution in [0.5, 0.6) is 0 Å². The molecule has 0 bridgehead atoms. The molecule has 1 heterocycles. The van der Waals surface area contributed by atoms with E-state index in [1.165, 1.54) is 32.7 Å². The van der Waals surface area contributed by atoms with Crippen molar-refractivity contribution in [2.75, 3.05) is 0 Å². The maximum absolute atomic E-state index is 14.0. The van der Waals surface area contributed by atoms with Crippen LogP contribution in [0.3, 0.4) is 0 Å². The zero-order chi connectivity index (χ0) is 42.6. The van der Waals surface area contributed by atoms with Crippen LogP contribution in [-0.2, 0) is 27.2 Å². The van der Waals surface area contributed by atoms with E-state index >= 15 is 0 Å². The normalized spacial score (nSPS) is 21.8. The summed E-state index contributed by atoms with van der Waals surface area (Å²) in [7, 11) is -2.61. The lowest BCUT2D eigenvalue weighted by Crippen LogP contribution is -2.77. The summed E-state index contributed by atoms with van der Waals surface area (Å²) in [6.07, 6.45) is 8.13. The summed E-state index contributed by atoms with van der Waals surface area (Å²) in [5.74, 6) is -1.09. The van der Waals surface area contributed by atoms with E-state index in [9.17, 15) is 30.0 Å². The van der Waals surface area contributed by atoms with Gasteiger partial charge in [0.15, 0.2) is 17.7 Å². The Balaban J connectivity index is 1.10. The molecular formula is C50H71NO7Si. The molecule has 0 spiro atoms. The van der Waals surface area contributed by atoms with E-state index in [0.717, 1.165) is 77.0 Å². The predicted molar refractivity (Wildman–Crippen MR) is 242 cm³/mol. The van der Waals surface area contributed by atoms with Gasteiger partial charge in [-0.15, -0.1) is 0 Å². The molecule has 1 aliphatic rings. The van der Waals surface area contributed by atoms with Crippen molar-refractivity contribution < 1.29 is 34.8 Å². The van der Waals surface area contributed by atoms with Gasteiger partial charge in [0.05, 0.1) is 13.8 Å². The summed E-state index contributed by atoms with van der Waals surface area (Å²) in [5, 5.41) is 54.4. The molecule has 5 rings (SSSR count). The molecule has 0 aliphatic carbocycles. The lowest BCUT2D eigenvalue weighted by Gasteiger charge is -2.52. The average molecular weight is 826 g/mol. The lowest BCUT2D eigenvalue weighted by molar-refractivity contribution is -0.284. The lowest BCUT2D eigenvalue weighted by atomic mass is 9.77. The first-order valence-corrected chi connectivity index (χ1v) is 25.4. The molecular weight excluding hydrogens is 755 g/mol. The molecule has 9 heteroatoms. The highest BCUT2D eigenvalue weighted by Gasteiger charge is 2.63. The molecule has 59 heavy (non-hydrogen) atoms. The number of hydrogen-bond acceptors (Lipinski definition) is 7. The van der Waals surface area contributed by atoms with Gasteiger partial charge in [-0.25, -0.2) is 0 Å². The van der Waals surface area contributed by atoms with Gasteiger partial charge >= 0.3 is 0 Å². The molecule has 4 aromatic rings. The van der Waals surface area contributed by atoms with Crippen molar-refractivity contribution in [3.63, 3.8) is 0 Å². The number of carbonyl (C=O) groups is 2. The minimum Gasteiger partial charge on any atom is -0.394 e. The maximum Gasteiger partial charge on any atom is 0.220 e. The highest BCUT2D eigenvalue weighted by molar-refractivity contribution is 6.81. The number of rotatable bonds is 22. The van der Waals surface area contributed by atoms with Crippen molar-refractivity contribution in [2.24, 2.45) is 0 Å². The third kappa shape index (κ3) is 11.7. The van der Waals surface area contributed by atoms with Crippen LogP contribution in [0.25, 0.3) is 21.5 Å². The number of fused-ring (bicyclic) bond motifs is 2. The SMILES string of the molecule is CC(C)(C)[Si](C)(C)C(O)[C@H]1O[C@H](O)[C@@H](NC(=O)CCCCCCCCc2cccc3ccccc23)[C@](O)(C(=O)CCCCCCCCc2cccc3ccccc23)[C@@H]1O. The van der Waals surface area contributed by atoms with Crippen LogP contribution in [-0.4, -0.2) is 76.1 Å². The summed E-state index contributed by atoms with van der Waals surface area (Å²) >= 11 is 0. The second-order valence-corrected chi connectivity index (χ2v) is 24.2. The first kappa shape index (κ1) is 46.6. The molecule has 1 aliphatic heterocycles. The average Bonchev–Trinajstić information content (AvgIpc) is 3.22. The molecule has 1 amide bonds. The highest BCUT2D eigenvalue weighted by atomic mass is 28.3. The Labute approximate surface area is 353 Å². The van der Waals surface area contributed by atoms with Crippen molar-refractivity contribution in [3.8, 4) is 0 Å². The quantitative estimate of drug-likeness (QED) is 0.0394. The number of aliphatic hydroxyl groups is 4. The summed E-state index contributed by atoms with van der Waals surface area (Å²) < 4.78 is 5.84. The number of unbranched alkanes of at least 4 members (excludes halogenated alkanes) is 10. The van der Waals surface area contributed by atoms with E-state index < -0.39 is 55.6 Å². The monoisotopic (exact) mass is 825 g/mol. The Morgan fingerprint density at radius 1 is 0.678 bits per heavy atom. The number of hydrogen-bond donors (Lipinski definition) is 5. The molecule has 1 saturated heterocycles. The standard InChI is InChI=1S/C50H71NO7Si/c1-49(2,3)59(4,5)48(56)44-46(54)50(57,42(52)34-16-12-8-6-10-14-24-36-28-22-30-38-26-18-20-32-40(36)38)45(47(55)58-44)51-43(53)35-17-13-9-7-11-15-25-37-29-23-31-39-27-19-21-33-41(37)39/h18-23,26-33,44-48,54-57H,6-17,24-25,34-35H2,1-5H3,(H,51,53)/t44-,45+,46+,47-,48?,50+/m0/s1. The van der Waals surface area contributed by atoms with Crippen LogP contribution in [0, 0.1) is 0 Å². The van der Waals surface area contributed by atoms with Crippen LogP contribution in [0.1, 0.15) is 122 Å². The van der Waals surface area contributed by atoms with Gasteiger partial charge in [-0.3, -0.25) is 9.59 Å². The molecule has 1 fully saturated rings. The zero-order valence-corrected chi connectivity index (χ0v) is 37.3. The van der Waals surface area contributed by atoms with Gasteiger partial charge in [-0.1, -0.05) is 170 Å². The topological polar surface area (TPSA) is 136 Å². The number of aryl methyl sites for hydroxylation is 2. The third-order valence-corrected chi connectivity index (χ3v) is 19.2. The van der Waals surface area contributed by atoms with Gasteiger partial charge in [0.25, 0.3) is 0 Å². The number of benzene rings is 4. The highest BCUT2D eigenvalue weighted by Crippen LogP contribution is 2.43. The van der Waals surface area contributed by atoms with E-state index in [1.54, 1.807) is 0 Å². The van der Waals surface area contributed by atoms with Crippen LogP contribution >= 0.6 is 0 Å². The number of amides is 1. The smallest absolute Gasteiger partial charge is 0.220 e. The van der Waals surface area contributed by atoms with E-state index in [2.05, 4.69) is 90.2 Å². The number of nitrogens with one attached hydrogen (secondary N) is 1. The van der Waals surface area contributed by atoms with Crippen LogP contribution in [0.2, 0.25) is 18.1 Å². The Morgan fingerprint density at radius 3 is 1.63 bits per heavy atom. The van der Waals surface area contributed by atoms with Crippen molar-refractivity contribution in [1.29, 1.82) is 0 Å². The molecule has 4 aromatic carbocycles. The van der Waals surface area contributed by atoms with Gasteiger partial charge < -0.3 is 30.5 Å².